The zero-order chi connectivity index (χ0) is 13.8. The molecule has 0 aliphatic rings. The summed E-state index contributed by atoms with van der Waals surface area (Å²) in [6, 6.07) is 0. The Labute approximate surface area is 111 Å². The molecule has 0 aliphatic carbocycles. The molecule has 3 atom stereocenters. The van der Waals surface area contributed by atoms with Crippen LogP contribution in [0.1, 0.15) is 74.1 Å². The fraction of sp³-hybridized carbons (Fsp3) is 0.882. The van der Waals surface area contributed by atoms with E-state index < -0.39 is 0 Å². The number of allylic oxidation sites excluding steroid dienone is 1. The van der Waals surface area contributed by atoms with Crippen LogP contribution in [0.2, 0.25) is 0 Å². The molecule has 0 N–H and O–H groups in total. The van der Waals surface area contributed by atoms with Crippen LogP contribution in [0.3, 0.4) is 0 Å². The van der Waals surface area contributed by atoms with Gasteiger partial charge in [-0.1, -0.05) is 67.4 Å². The van der Waals surface area contributed by atoms with Crippen molar-refractivity contribution >= 4 is 0 Å². The fourth-order valence-electron chi connectivity index (χ4n) is 1.81. The summed E-state index contributed by atoms with van der Waals surface area (Å²) in [5, 5.41) is 0. The monoisotopic (exact) mass is 240 g/mol. The number of hydrogen-bond acceptors (Lipinski definition) is 0. The molecule has 0 aliphatic heterocycles. The van der Waals surface area contributed by atoms with Gasteiger partial charge in [-0.25, -0.2) is 0 Å². The molecular weight excluding hydrogens is 204 g/mol. The Balaban J connectivity index is 0. The zero-order valence-electron chi connectivity index (χ0n) is 13.4. The summed E-state index contributed by atoms with van der Waals surface area (Å²) < 4.78 is 0. The maximum absolute atomic E-state index is 3.84. The quantitative estimate of drug-likeness (QED) is 0.435. The summed E-state index contributed by atoms with van der Waals surface area (Å²) >= 11 is 0. The van der Waals surface area contributed by atoms with E-state index in [0.717, 1.165) is 17.8 Å². The van der Waals surface area contributed by atoms with Gasteiger partial charge in [0.15, 0.2) is 0 Å². The van der Waals surface area contributed by atoms with E-state index in [1.807, 2.05) is 13.8 Å². The highest BCUT2D eigenvalue weighted by Gasteiger charge is 2.13. The molecule has 0 rings (SSSR count). The first kappa shape index (κ1) is 19.1. The van der Waals surface area contributed by atoms with Crippen LogP contribution in [-0.4, -0.2) is 0 Å². The molecule has 0 amide bonds. The number of hydrogen-bond donors (Lipinski definition) is 0. The minimum Gasteiger partial charge on any atom is -0.103 e. The van der Waals surface area contributed by atoms with Crippen molar-refractivity contribution in [2.45, 2.75) is 74.1 Å². The highest BCUT2D eigenvalue weighted by atomic mass is 14.2. The van der Waals surface area contributed by atoms with Gasteiger partial charge in [0.1, 0.15) is 0 Å². The Hall–Kier alpha value is -0.260. The summed E-state index contributed by atoms with van der Waals surface area (Å²) in [5.41, 5.74) is 0. The third-order valence-corrected chi connectivity index (χ3v) is 3.65. The second kappa shape index (κ2) is 12.2. The van der Waals surface area contributed by atoms with Gasteiger partial charge in [-0.3, -0.25) is 0 Å². The van der Waals surface area contributed by atoms with Crippen molar-refractivity contribution in [3.05, 3.63) is 12.7 Å². The van der Waals surface area contributed by atoms with Crippen LogP contribution < -0.4 is 0 Å². The lowest BCUT2D eigenvalue weighted by molar-refractivity contribution is 0.307. The van der Waals surface area contributed by atoms with Gasteiger partial charge in [0, 0.05) is 0 Å². The molecule has 0 radical (unpaired) electrons. The van der Waals surface area contributed by atoms with Crippen LogP contribution in [0.15, 0.2) is 12.7 Å². The first-order valence-corrected chi connectivity index (χ1v) is 7.59. The van der Waals surface area contributed by atoms with Crippen molar-refractivity contribution in [2.75, 3.05) is 0 Å². The van der Waals surface area contributed by atoms with E-state index in [1.54, 1.807) is 0 Å². The van der Waals surface area contributed by atoms with E-state index in [2.05, 4.69) is 47.3 Å². The molecule has 0 aromatic rings. The van der Waals surface area contributed by atoms with Crippen LogP contribution in [0.25, 0.3) is 0 Å². The Kier molecular flexibility index (Phi) is 13.7. The smallest absolute Gasteiger partial charge is 0.0265 e. The zero-order valence-corrected chi connectivity index (χ0v) is 13.4. The van der Waals surface area contributed by atoms with E-state index in [-0.39, 0.29) is 0 Å². The molecule has 0 heterocycles. The molecule has 0 saturated carbocycles. The minimum absolute atomic E-state index is 0.685. The average Bonchev–Trinajstić information content (AvgIpc) is 2.34. The lowest BCUT2D eigenvalue weighted by atomic mass is 9.85. The van der Waals surface area contributed by atoms with Gasteiger partial charge < -0.3 is 0 Å². The van der Waals surface area contributed by atoms with Gasteiger partial charge in [-0.15, -0.1) is 6.58 Å². The molecular formula is C17H36. The second-order valence-electron chi connectivity index (χ2n) is 5.72. The maximum atomic E-state index is 3.84. The Morgan fingerprint density at radius 3 is 1.53 bits per heavy atom. The molecule has 0 heteroatoms. The van der Waals surface area contributed by atoms with Crippen LogP contribution >= 0.6 is 0 Å². The third kappa shape index (κ3) is 12.0. The molecule has 3 unspecified atom stereocenters. The molecule has 0 nitrogen and oxygen atoms in total. The average molecular weight is 240 g/mol. The molecule has 0 fully saturated rings. The number of rotatable bonds is 8. The first-order chi connectivity index (χ1) is 7.97. The van der Waals surface area contributed by atoms with Crippen molar-refractivity contribution in [3.8, 4) is 0 Å². The van der Waals surface area contributed by atoms with E-state index in [1.165, 1.54) is 25.7 Å². The van der Waals surface area contributed by atoms with Crippen LogP contribution in [0.5, 0.6) is 0 Å². The summed E-state index contributed by atoms with van der Waals surface area (Å²) in [5.74, 6) is 3.28. The minimum atomic E-state index is 0.685. The normalized spacial score (nSPS) is 15.8. The van der Waals surface area contributed by atoms with Crippen LogP contribution in [0, 0.1) is 23.7 Å². The Bertz CT molecular complexity index is 157. The summed E-state index contributed by atoms with van der Waals surface area (Å²) in [6.07, 6.45) is 7.50. The molecule has 0 spiro atoms. The maximum Gasteiger partial charge on any atom is -0.0265 e. The predicted molar refractivity (Wildman–Crippen MR) is 82.3 cm³/mol. The lowest BCUT2D eigenvalue weighted by Crippen LogP contribution is -2.10. The molecule has 0 aromatic heterocycles. The topological polar surface area (TPSA) is 0 Å². The highest BCUT2D eigenvalue weighted by Crippen LogP contribution is 2.25. The van der Waals surface area contributed by atoms with Crippen molar-refractivity contribution < 1.29 is 0 Å². The standard InChI is InChI=1S/C15H30.C2H6/c1-7-13(4)9-11-15(6)14(5)10-8-12(2)3;1-2/h7,12-15H,1,8-11H2,2-6H3;1-2H3. The van der Waals surface area contributed by atoms with Crippen molar-refractivity contribution in [2.24, 2.45) is 23.7 Å². The Morgan fingerprint density at radius 1 is 0.765 bits per heavy atom. The van der Waals surface area contributed by atoms with E-state index >= 15 is 0 Å². The second-order valence-corrected chi connectivity index (χ2v) is 5.72. The van der Waals surface area contributed by atoms with Crippen LogP contribution in [-0.2, 0) is 0 Å². The van der Waals surface area contributed by atoms with Crippen LogP contribution in [0.4, 0.5) is 0 Å². The first-order valence-electron chi connectivity index (χ1n) is 7.59. The van der Waals surface area contributed by atoms with Gasteiger partial charge in [-0.2, -0.15) is 0 Å². The predicted octanol–water partition coefficient (Wildman–Crippen LogP) is 6.32. The fourth-order valence-corrected chi connectivity index (χ4v) is 1.81. The van der Waals surface area contributed by atoms with E-state index in [0.29, 0.717) is 5.92 Å². The highest BCUT2D eigenvalue weighted by molar-refractivity contribution is 4.76. The Morgan fingerprint density at radius 2 is 1.18 bits per heavy atom. The largest absolute Gasteiger partial charge is 0.103 e. The molecule has 0 saturated heterocycles. The van der Waals surface area contributed by atoms with Gasteiger partial charge in [0.2, 0.25) is 0 Å². The molecule has 17 heavy (non-hydrogen) atoms. The SMILES string of the molecule is C=CC(C)CCC(C)C(C)CCC(C)C.CC. The van der Waals surface area contributed by atoms with Gasteiger partial charge in [-0.05, 0) is 36.5 Å². The van der Waals surface area contributed by atoms with Crippen molar-refractivity contribution in [1.29, 1.82) is 0 Å². The van der Waals surface area contributed by atoms with Gasteiger partial charge in [0.25, 0.3) is 0 Å². The van der Waals surface area contributed by atoms with E-state index in [4.69, 9.17) is 0 Å². The summed E-state index contributed by atoms with van der Waals surface area (Å²) in [4.78, 5) is 0. The molecule has 104 valence electrons. The molecule has 0 bridgehead atoms. The van der Waals surface area contributed by atoms with Crippen molar-refractivity contribution in [3.63, 3.8) is 0 Å². The summed E-state index contributed by atoms with van der Waals surface area (Å²) in [6.45, 7) is 19.6. The van der Waals surface area contributed by atoms with E-state index in [9.17, 15) is 0 Å². The third-order valence-electron chi connectivity index (χ3n) is 3.65. The van der Waals surface area contributed by atoms with Crippen molar-refractivity contribution in [1.82, 2.24) is 0 Å². The lowest BCUT2D eigenvalue weighted by Gasteiger charge is -2.21. The van der Waals surface area contributed by atoms with Gasteiger partial charge in [0.05, 0.1) is 0 Å². The molecule has 0 aromatic carbocycles. The van der Waals surface area contributed by atoms with Gasteiger partial charge >= 0.3 is 0 Å². The summed E-state index contributed by atoms with van der Waals surface area (Å²) in [7, 11) is 0.